The molecule has 0 radical (unpaired) electrons. The van der Waals surface area contributed by atoms with Gasteiger partial charge in [0.05, 0.1) is 12.4 Å². The van der Waals surface area contributed by atoms with E-state index in [1.54, 1.807) is 10.8 Å². The van der Waals surface area contributed by atoms with Crippen LogP contribution in [0.25, 0.3) is 10.8 Å². The molecule has 0 saturated carbocycles. The molecule has 0 spiro atoms. The second-order valence-corrected chi connectivity index (χ2v) is 6.05. The van der Waals surface area contributed by atoms with E-state index < -0.39 is 12.0 Å². The normalized spacial score (nSPS) is 12.4. The topological polar surface area (TPSA) is 81.1 Å². The Balaban J connectivity index is 1.50. The molecule has 0 aliphatic carbocycles. The van der Waals surface area contributed by atoms with Crippen molar-refractivity contribution in [2.24, 2.45) is 5.73 Å². The smallest absolute Gasteiger partial charge is 0.268 e. The fraction of sp³-hybridized carbons (Fsp3) is 0.263. The first-order chi connectivity index (χ1) is 11.6. The summed E-state index contributed by atoms with van der Waals surface area (Å²) in [7, 11) is 0. The maximum Gasteiger partial charge on any atom is 0.268 e. The highest BCUT2D eigenvalue weighted by atomic mass is 16.3. The van der Waals surface area contributed by atoms with Gasteiger partial charge in [0.15, 0.2) is 0 Å². The molecule has 0 aliphatic rings. The van der Waals surface area contributed by atoms with Crippen molar-refractivity contribution in [3.05, 3.63) is 66.2 Å². The number of amides is 1. The number of primary amides is 1. The van der Waals surface area contributed by atoms with Crippen LogP contribution in [0.3, 0.4) is 0 Å². The number of carbonyl (C=O) groups excluding carboxylic acids is 1. The lowest BCUT2D eigenvalue weighted by molar-refractivity contribution is 0.0995. The van der Waals surface area contributed by atoms with E-state index >= 15 is 0 Å². The molecule has 0 fully saturated rings. The maximum absolute atomic E-state index is 11.0. The number of carbonyl (C=O) groups is 1. The van der Waals surface area contributed by atoms with Crippen LogP contribution < -0.4 is 5.73 Å². The molecular formula is C19H21N3O2. The summed E-state index contributed by atoms with van der Waals surface area (Å²) < 4.78 is 1.70. The molecule has 5 heteroatoms. The number of aryl methyl sites for hydroxylation is 1. The van der Waals surface area contributed by atoms with Crippen LogP contribution in [-0.4, -0.2) is 26.7 Å². The molecule has 3 N–H and O–H groups in total. The van der Waals surface area contributed by atoms with Crippen molar-refractivity contribution in [3.63, 3.8) is 0 Å². The van der Waals surface area contributed by atoms with Gasteiger partial charge in [-0.15, -0.1) is 0 Å². The predicted octanol–water partition coefficient (Wildman–Crippen LogP) is 2.52. The van der Waals surface area contributed by atoms with Crippen LogP contribution in [0.5, 0.6) is 0 Å². The van der Waals surface area contributed by atoms with Gasteiger partial charge in [0.2, 0.25) is 0 Å². The van der Waals surface area contributed by atoms with Gasteiger partial charge in [-0.1, -0.05) is 42.5 Å². The summed E-state index contributed by atoms with van der Waals surface area (Å²) in [5, 5.41) is 12.6. The molecule has 5 nitrogen and oxygen atoms in total. The van der Waals surface area contributed by atoms with Crippen LogP contribution in [0, 0.1) is 0 Å². The lowest BCUT2D eigenvalue weighted by Crippen LogP contribution is -2.15. The van der Waals surface area contributed by atoms with E-state index in [2.05, 4.69) is 35.3 Å². The summed E-state index contributed by atoms with van der Waals surface area (Å²) in [6.45, 7) is 0.415. The van der Waals surface area contributed by atoms with Crippen molar-refractivity contribution >= 4 is 16.7 Å². The number of rotatable bonds is 7. The van der Waals surface area contributed by atoms with Crippen LogP contribution in [0.15, 0.2) is 55.0 Å². The van der Waals surface area contributed by atoms with E-state index in [1.807, 2.05) is 12.1 Å². The highest BCUT2D eigenvalue weighted by Gasteiger charge is 2.09. The summed E-state index contributed by atoms with van der Waals surface area (Å²) in [4.78, 5) is 14.9. The molecule has 1 heterocycles. The number of fused-ring (bicyclic) bond motifs is 1. The summed E-state index contributed by atoms with van der Waals surface area (Å²) in [5.74, 6) is -0.556. The predicted molar refractivity (Wildman–Crippen MR) is 93.6 cm³/mol. The van der Waals surface area contributed by atoms with E-state index in [-0.39, 0.29) is 5.69 Å². The first-order valence-corrected chi connectivity index (χ1v) is 8.09. The molecule has 2 aromatic carbocycles. The molecular weight excluding hydrogens is 302 g/mol. The molecule has 1 atom stereocenters. The number of nitrogens with two attached hydrogens (primary N) is 1. The zero-order valence-corrected chi connectivity index (χ0v) is 13.4. The Morgan fingerprint density at radius 3 is 2.75 bits per heavy atom. The molecule has 0 aliphatic heterocycles. The summed E-state index contributed by atoms with van der Waals surface area (Å²) >= 11 is 0. The SMILES string of the molecule is NC(=O)c1cn(CC(O)CCCc2ccc3ccccc3c2)cn1. The third-order valence-electron chi connectivity index (χ3n) is 4.12. The van der Waals surface area contributed by atoms with Crippen LogP contribution in [-0.2, 0) is 13.0 Å². The summed E-state index contributed by atoms with van der Waals surface area (Å²) in [5.41, 5.74) is 6.66. The largest absolute Gasteiger partial charge is 0.391 e. The van der Waals surface area contributed by atoms with E-state index in [1.165, 1.54) is 22.7 Å². The van der Waals surface area contributed by atoms with E-state index in [9.17, 15) is 9.90 Å². The first-order valence-electron chi connectivity index (χ1n) is 8.09. The number of benzene rings is 2. The Kier molecular flexibility index (Phi) is 4.91. The Bertz CT molecular complexity index is 841. The Morgan fingerprint density at radius 2 is 2.00 bits per heavy atom. The zero-order chi connectivity index (χ0) is 16.9. The second kappa shape index (κ2) is 7.27. The number of aliphatic hydroxyl groups excluding tert-OH is 1. The number of aliphatic hydroxyl groups is 1. The lowest BCUT2D eigenvalue weighted by atomic mass is 10.0. The number of hydrogen-bond donors (Lipinski definition) is 2. The molecule has 3 aromatic rings. The van der Waals surface area contributed by atoms with Crippen molar-refractivity contribution in [2.75, 3.05) is 0 Å². The van der Waals surface area contributed by atoms with Gasteiger partial charge in [0.1, 0.15) is 5.69 Å². The number of hydrogen-bond acceptors (Lipinski definition) is 3. The summed E-state index contributed by atoms with van der Waals surface area (Å²) in [6.07, 6.45) is 5.13. The van der Waals surface area contributed by atoms with Gasteiger partial charge in [-0.25, -0.2) is 4.98 Å². The van der Waals surface area contributed by atoms with Gasteiger partial charge in [-0.3, -0.25) is 4.79 Å². The van der Waals surface area contributed by atoms with Crippen molar-refractivity contribution in [1.82, 2.24) is 9.55 Å². The maximum atomic E-state index is 11.0. The Morgan fingerprint density at radius 1 is 1.21 bits per heavy atom. The van der Waals surface area contributed by atoms with Crippen molar-refractivity contribution in [2.45, 2.75) is 31.9 Å². The standard InChI is InChI=1S/C19H21N3O2/c20-19(24)18-12-22(13-21-18)11-17(23)7-3-4-14-8-9-15-5-1-2-6-16(15)10-14/h1-2,5-6,8-10,12-13,17,23H,3-4,7,11H2,(H2,20,24). The molecule has 1 amide bonds. The lowest BCUT2D eigenvalue weighted by Gasteiger charge is -2.11. The highest BCUT2D eigenvalue weighted by molar-refractivity contribution is 5.90. The van der Waals surface area contributed by atoms with Gasteiger partial charge < -0.3 is 15.4 Å². The average Bonchev–Trinajstić information content (AvgIpc) is 3.03. The molecule has 1 unspecified atom stereocenters. The fourth-order valence-electron chi connectivity index (χ4n) is 2.86. The average molecular weight is 323 g/mol. The van der Waals surface area contributed by atoms with Crippen LogP contribution >= 0.6 is 0 Å². The monoisotopic (exact) mass is 323 g/mol. The van der Waals surface area contributed by atoms with Crippen LogP contribution in [0.4, 0.5) is 0 Å². The molecule has 124 valence electrons. The van der Waals surface area contributed by atoms with Gasteiger partial charge >= 0.3 is 0 Å². The fourth-order valence-corrected chi connectivity index (χ4v) is 2.86. The van der Waals surface area contributed by atoms with E-state index in [4.69, 9.17) is 5.73 Å². The van der Waals surface area contributed by atoms with Crippen LogP contribution in [0.2, 0.25) is 0 Å². The minimum Gasteiger partial charge on any atom is -0.391 e. The van der Waals surface area contributed by atoms with Crippen LogP contribution in [0.1, 0.15) is 28.9 Å². The van der Waals surface area contributed by atoms with E-state index in [0.29, 0.717) is 13.0 Å². The molecule has 24 heavy (non-hydrogen) atoms. The minimum atomic E-state index is -0.556. The molecule has 3 rings (SSSR count). The first kappa shape index (κ1) is 16.2. The van der Waals surface area contributed by atoms with Gasteiger partial charge in [-0.05, 0) is 35.6 Å². The minimum absolute atomic E-state index is 0.221. The van der Waals surface area contributed by atoms with E-state index in [0.717, 1.165) is 12.8 Å². The molecule has 0 bridgehead atoms. The van der Waals surface area contributed by atoms with Gasteiger partial charge in [0, 0.05) is 12.7 Å². The van der Waals surface area contributed by atoms with Crippen molar-refractivity contribution < 1.29 is 9.90 Å². The number of nitrogens with zero attached hydrogens (tertiary/aromatic N) is 2. The third-order valence-corrected chi connectivity index (χ3v) is 4.12. The molecule has 0 saturated heterocycles. The second-order valence-electron chi connectivity index (χ2n) is 6.05. The number of aromatic nitrogens is 2. The number of imidazole rings is 1. The Labute approximate surface area is 140 Å². The van der Waals surface area contributed by atoms with Crippen molar-refractivity contribution in [1.29, 1.82) is 0 Å². The third kappa shape index (κ3) is 4.00. The quantitative estimate of drug-likeness (QED) is 0.701. The summed E-state index contributed by atoms with van der Waals surface area (Å²) in [6, 6.07) is 14.8. The highest BCUT2D eigenvalue weighted by Crippen LogP contribution is 2.17. The van der Waals surface area contributed by atoms with Gasteiger partial charge in [-0.2, -0.15) is 0 Å². The van der Waals surface area contributed by atoms with Crippen molar-refractivity contribution in [3.8, 4) is 0 Å². The Hall–Kier alpha value is -2.66. The molecule has 1 aromatic heterocycles. The zero-order valence-electron chi connectivity index (χ0n) is 13.4. The van der Waals surface area contributed by atoms with Gasteiger partial charge in [0.25, 0.3) is 5.91 Å².